The lowest BCUT2D eigenvalue weighted by Crippen LogP contribution is -2.37. The minimum absolute atomic E-state index is 0.0293. The molecule has 0 radical (unpaired) electrons. The maximum atomic E-state index is 12.7. The lowest BCUT2D eigenvalue weighted by atomic mass is 10.1. The van der Waals surface area contributed by atoms with Crippen molar-refractivity contribution in [3.05, 3.63) is 53.6 Å². The van der Waals surface area contributed by atoms with Gasteiger partial charge in [-0.05, 0) is 62.1 Å². The van der Waals surface area contributed by atoms with Crippen LogP contribution in [-0.2, 0) is 14.3 Å². The third-order valence-electron chi connectivity index (χ3n) is 6.31. The molecule has 7 heteroatoms. The molecule has 33 heavy (non-hydrogen) atoms. The Bertz CT molecular complexity index is 946. The summed E-state index contributed by atoms with van der Waals surface area (Å²) in [5.74, 6) is -0.0617. The minimum Gasteiger partial charge on any atom is -0.378 e. The molecule has 0 atom stereocenters. The maximum Gasteiger partial charge on any atom is 0.238 e. The van der Waals surface area contributed by atoms with Crippen LogP contribution in [0.5, 0.6) is 0 Å². The van der Waals surface area contributed by atoms with E-state index in [2.05, 4.69) is 20.4 Å². The zero-order valence-corrected chi connectivity index (χ0v) is 19.6. The standard InChI is InChI=1S/C26H34N4O3/c1-19-4-3-5-20(2)26(19)28-25(32)18-30(23-10-11-23)13-12-24(31)27-21-6-8-22(9-7-21)29-14-16-33-17-15-29/h3-9,23H,10-18H2,1-2H3,(H,27,31)(H,28,32). The number of morpholine rings is 1. The highest BCUT2D eigenvalue weighted by Gasteiger charge is 2.30. The summed E-state index contributed by atoms with van der Waals surface area (Å²) in [5.41, 5.74) is 4.94. The van der Waals surface area contributed by atoms with Crippen LogP contribution in [0, 0.1) is 13.8 Å². The maximum absolute atomic E-state index is 12.7. The van der Waals surface area contributed by atoms with Gasteiger partial charge in [0.15, 0.2) is 0 Å². The predicted octanol–water partition coefficient (Wildman–Crippen LogP) is 3.57. The van der Waals surface area contributed by atoms with Crippen LogP contribution in [0.1, 0.15) is 30.4 Å². The normalized spacial score (nSPS) is 16.0. The van der Waals surface area contributed by atoms with Gasteiger partial charge in [0.25, 0.3) is 0 Å². The Morgan fingerprint density at radius 1 is 0.970 bits per heavy atom. The van der Waals surface area contributed by atoms with E-state index in [4.69, 9.17) is 4.74 Å². The van der Waals surface area contributed by atoms with E-state index in [1.165, 1.54) is 0 Å². The molecule has 1 aliphatic carbocycles. The van der Waals surface area contributed by atoms with Crippen molar-refractivity contribution >= 4 is 28.9 Å². The van der Waals surface area contributed by atoms with Gasteiger partial charge in [-0.2, -0.15) is 0 Å². The summed E-state index contributed by atoms with van der Waals surface area (Å²) in [5, 5.41) is 6.04. The molecular formula is C26H34N4O3. The summed E-state index contributed by atoms with van der Waals surface area (Å²) < 4.78 is 5.40. The molecule has 4 rings (SSSR count). The number of rotatable bonds is 9. The van der Waals surface area contributed by atoms with Crippen molar-refractivity contribution in [3.63, 3.8) is 0 Å². The molecule has 0 aromatic heterocycles. The van der Waals surface area contributed by atoms with E-state index >= 15 is 0 Å². The van der Waals surface area contributed by atoms with Crippen molar-refractivity contribution in [1.29, 1.82) is 0 Å². The molecule has 0 bridgehead atoms. The van der Waals surface area contributed by atoms with Gasteiger partial charge < -0.3 is 20.3 Å². The number of nitrogens with zero attached hydrogens (tertiary/aromatic N) is 2. The van der Waals surface area contributed by atoms with Crippen LogP contribution in [0.25, 0.3) is 0 Å². The smallest absolute Gasteiger partial charge is 0.238 e. The fourth-order valence-corrected chi connectivity index (χ4v) is 4.25. The van der Waals surface area contributed by atoms with E-state index in [0.717, 1.165) is 67.3 Å². The monoisotopic (exact) mass is 450 g/mol. The predicted molar refractivity (Wildman–Crippen MR) is 132 cm³/mol. The summed E-state index contributed by atoms with van der Waals surface area (Å²) in [4.78, 5) is 29.7. The molecule has 2 aromatic carbocycles. The number of benzene rings is 2. The van der Waals surface area contributed by atoms with Gasteiger partial charge in [0.2, 0.25) is 11.8 Å². The number of anilines is 3. The van der Waals surface area contributed by atoms with Crippen molar-refractivity contribution in [1.82, 2.24) is 4.90 Å². The van der Waals surface area contributed by atoms with Gasteiger partial charge in [0, 0.05) is 49.2 Å². The number of carbonyl (C=O) groups is 2. The van der Waals surface area contributed by atoms with E-state index in [0.29, 0.717) is 25.6 Å². The molecule has 0 unspecified atom stereocenters. The Labute approximate surface area is 196 Å². The Balaban J connectivity index is 1.26. The molecule has 2 aliphatic rings. The molecule has 7 nitrogen and oxygen atoms in total. The zero-order chi connectivity index (χ0) is 23.2. The third kappa shape index (κ3) is 6.55. The number of hydrogen-bond acceptors (Lipinski definition) is 5. The number of amides is 2. The fraction of sp³-hybridized carbons (Fsp3) is 0.462. The van der Waals surface area contributed by atoms with Gasteiger partial charge in [-0.25, -0.2) is 0 Å². The lowest BCUT2D eigenvalue weighted by Gasteiger charge is -2.28. The summed E-state index contributed by atoms with van der Waals surface area (Å²) in [6, 6.07) is 14.3. The molecule has 1 heterocycles. The summed E-state index contributed by atoms with van der Waals surface area (Å²) >= 11 is 0. The SMILES string of the molecule is Cc1cccc(C)c1NC(=O)CN(CCC(=O)Nc1ccc(N2CCOCC2)cc1)C1CC1. The topological polar surface area (TPSA) is 73.9 Å². The van der Waals surface area contributed by atoms with Crippen LogP contribution in [0.4, 0.5) is 17.1 Å². The second-order valence-corrected chi connectivity index (χ2v) is 8.96. The lowest BCUT2D eigenvalue weighted by molar-refractivity contribution is -0.119. The second-order valence-electron chi connectivity index (χ2n) is 8.96. The first-order chi connectivity index (χ1) is 16.0. The second kappa shape index (κ2) is 10.8. The van der Waals surface area contributed by atoms with Gasteiger partial charge in [0.05, 0.1) is 19.8 Å². The Kier molecular flexibility index (Phi) is 7.62. The highest BCUT2D eigenvalue weighted by atomic mass is 16.5. The van der Waals surface area contributed by atoms with Gasteiger partial charge in [-0.3, -0.25) is 14.5 Å². The number of aryl methyl sites for hydroxylation is 2. The molecule has 2 amide bonds. The molecule has 1 aliphatic heterocycles. The zero-order valence-electron chi connectivity index (χ0n) is 19.6. The fourth-order valence-electron chi connectivity index (χ4n) is 4.25. The Morgan fingerprint density at radius 3 is 2.27 bits per heavy atom. The van der Waals surface area contributed by atoms with Crippen LogP contribution in [-0.4, -0.2) is 62.1 Å². The molecule has 2 fully saturated rings. The van der Waals surface area contributed by atoms with Gasteiger partial charge >= 0.3 is 0 Å². The summed E-state index contributed by atoms with van der Waals surface area (Å²) in [6.07, 6.45) is 2.53. The van der Waals surface area contributed by atoms with Crippen LogP contribution >= 0.6 is 0 Å². The summed E-state index contributed by atoms with van der Waals surface area (Å²) in [6.45, 7) is 8.15. The largest absolute Gasteiger partial charge is 0.378 e. The number of para-hydroxylation sites is 1. The van der Waals surface area contributed by atoms with Crippen molar-refractivity contribution < 1.29 is 14.3 Å². The molecular weight excluding hydrogens is 416 g/mol. The first-order valence-electron chi connectivity index (χ1n) is 11.8. The number of nitrogens with one attached hydrogen (secondary N) is 2. The first kappa shape index (κ1) is 23.3. The van der Waals surface area contributed by atoms with E-state index < -0.39 is 0 Å². The molecule has 1 saturated heterocycles. The Hall–Kier alpha value is -2.90. The minimum atomic E-state index is -0.0325. The Morgan fingerprint density at radius 2 is 1.64 bits per heavy atom. The highest BCUT2D eigenvalue weighted by Crippen LogP contribution is 2.27. The van der Waals surface area contributed by atoms with Gasteiger partial charge in [-0.15, -0.1) is 0 Å². The molecule has 2 aromatic rings. The number of hydrogen-bond donors (Lipinski definition) is 2. The van der Waals surface area contributed by atoms with Gasteiger partial charge in [-0.1, -0.05) is 18.2 Å². The molecule has 1 saturated carbocycles. The van der Waals surface area contributed by atoms with E-state index in [1.807, 2.05) is 56.3 Å². The van der Waals surface area contributed by atoms with Crippen molar-refractivity contribution in [2.45, 2.75) is 39.2 Å². The van der Waals surface area contributed by atoms with E-state index in [9.17, 15) is 9.59 Å². The number of carbonyl (C=O) groups excluding carboxylic acids is 2. The van der Waals surface area contributed by atoms with Crippen LogP contribution in [0.3, 0.4) is 0 Å². The third-order valence-corrected chi connectivity index (χ3v) is 6.31. The van der Waals surface area contributed by atoms with E-state index in [1.54, 1.807) is 0 Å². The molecule has 2 N–H and O–H groups in total. The van der Waals surface area contributed by atoms with Gasteiger partial charge in [0.1, 0.15) is 0 Å². The molecule has 0 spiro atoms. The van der Waals surface area contributed by atoms with Crippen LogP contribution < -0.4 is 15.5 Å². The first-order valence-corrected chi connectivity index (χ1v) is 11.8. The van der Waals surface area contributed by atoms with Crippen molar-refractivity contribution in [2.24, 2.45) is 0 Å². The average Bonchev–Trinajstić information content (AvgIpc) is 3.66. The highest BCUT2D eigenvalue weighted by molar-refractivity contribution is 5.94. The van der Waals surface area contributed by atoms with Crippen LogP contribution in [0.2, 0.25) is 0 Å². The summed E-state index contributed by atoms with van der Waals surface area (Å²) in [7, 11) is 0. The average molecular weight is 451 g/mol. The molecule has 176 valence electrons. The van der Waals surface area contributed by atoms with Crippen LogP contribution in [0.15, 0.2) is 42.5 Å². The van der Waals surface area contributed by atoms with Crippen molar-refractivity contribution in [3.8, 4) is 0 Å². The number of ether oxygens (including phenoxy) is 1. The quantitative estimate of drug-likeness (QED) is 0.611. The van der Waals surface area contributed by atoms with Crippen molar-refractivity contribution in [2.75, 3.05) is 54.9 Å². The van der Waals surface area contributed by atoms with E-state index in [-0.39, 0.29) is 11.8 Å².